The Labute approximate surface area is 710 Å². The second kappa shape index (κ2) is 48.2. The number of nitrogens with one attached hydrogen (secondary N) is 5. The number of carbonyl (C=O) groups excluding carboxylic acids is 3. The fourth-order valence-electron chi connectivity index (χ4n) is 15.9. The number of aromatic nitrogens is 3. The monoisotopic (exact) mass is 1680 g/mol. The molecule has 0 aliphatic carbocycles. The highest BCUT2D eigenvalue weighted by molar-refractivity contribution is 6.32. The average molecular weight is 1680 g/mol. The van der Waals surface area contributed by atoms with Gasteiger partial charge in [0.25, 0.3) is 0 Å². The number of hydrogen-bond donors (Lipinski definition) is 5. The van der Waals surface area contributed by atoms with E-state index in [0.29, 0.717) is 80.4 Å². The number of unbranched alkanes of at least 4 members (excludes halogenated alkanes) is 9. The summed E-state index contributed by atoms with van der Waals surface area (Å²) in [5.41, 5.74) is 12.6. The molecule has 1 saturated heterocycles. The van der Waals surface area contributed by atoms with E-state index in [1.54, 1.807) is 43.1 Å². The summed E-state index contributed by atoms with van der Waals surface area (Å²) in [5, 5.41) is 12.3. The maximum absolute atomic E-state index is 13.1. The molecule has 4 aliphatic rings. The Morgan fingerprint density at radius 2 is 0.737 bits per heavy atom. The highest BCUT2D eigenvalue weighted by Crippen LogP contribution is 2.44. The van der Waals surface area contributed by atoms with Gasteiger partial charge in [0.1, 0.15) is 55.2 Å². The van der Waals surface area contributed by atoms with Gasteiger partial charge in [0.05, 0.1) is 52.9 Å². The van der Waals surface area contributed by atoms with Gasteiger partial charge in [0, 0.05) is 139 Å². The minimum absolute atomic E-state index is 0.214. The molecule has 0 saturated carbocycles. The van der Waals surface area contributed by atoms with Crippen LogP contribution in [0.2, 0.25) is 15.1 Å². The van der Waals surface area contributed by atoms with Crippen LogP contribution in [0.15, 0.2) is 127 Å². The SMILES string of the molecule is COCCCNCCCCCCOc1ccc(C2c3[nH]c4ccc(Cl)cc4c3CCN2C(=O)OCCOC)cc1.COCCOC(=O)N1CCc2c([nH]c3ccc(Cl)cc23)C1c1ccc(OCCCCCCN2CCOCC2)cc1.COCCOC(=O)N1CCc2c([nH]c3ccc(Cl)cc23)C1c1ccc(OCCCCCCNC(C)C)cc1. The minimum atomic E-state index is -0.352. The number of hydrogen-bond acceptors (Lipinski definition) is 17. The van der Waals surface area contributed by atoms with Crippen molar-refractivity contribution in [2.75, 3.05) is 167 Å². The first-order chi connectivity index (χ1) is 57.7. The van der Waals surface area contributed by atoms with E-state index >= 15 is 0 Å². The van der Waals surface area contributed by atoms with Gasteiger partial charge in [-0.3, -0.25) is 19.6 Å². The summed E-state index contributed by atoms with van der Waals surface area (Å²) in [4.78, 5) is 57.9. The number of benzene rings is 6. The van der Waals surface area contributed by atoms with Crippen molar-refractivity contribution in [2.45, 2.75) is 141 Å². The molecular weight excluding hydrogens is 1560 g/mol. The Bertz CT molecular complexity index is 4520. The predicted octanol–water partition coefficient (Wildman–Crippen LogP) is 18.4. The number of methoxy groups -OCH3 is 4. The van der Waals surface area contributed by atoms with Crippen molar-refractivity contribution >= 4 is 85.8 Å². The number of nitrogens with zero attached hydrogens (tertiary/aromatic N) is 4. The molecule has 3 atom stereocenters. The van der Waals surface area contributed by atoms with Crippen molar-refractivity contribution in [1.29, 1.82) is 0 Å². The van der Waals surface area contributed by atoms with Crippen LogP contribution in [0.1, 0.15) is 166 Å². The van der Waals surface area contributed by atoms with Crippen LogP contribution in [0.5, 0.6) is 17.2 Å². The summed E-state index contributed by atoms with van der Waals surface area (Å²) in [6.45, 7) is 18.8. The molecule has 13 rings (SSSR count). The quantitative estimate of drug-likeness (QED) is 0.0177. The van der Waals surface area contributed by atoms with Crippen LogP contribution in [-0.2, 0) is 57.2 Å². The van der Waals surface area contributed by atoms with Crippen molar-refractivity contribution < 1.29 is 66.5 Å². The van der Waals surface area contributed by atoms with Gasteiger partial charge in [-0.2, -0.15) is 0 Å². The van der Waals surface area contributed by atoms with Gasteiger partial charge >= 0.3 is 18.3 Å². The number of halogens is 3. The van der Waals surface area contributed by atoms with Gasteiger partial charge in [0.15, 0.2) is 0 Å². The van der Waals surface area contributed by atoms with E-state index in [1.165, 1.54) is 55.2 Å². The Balaban J connectivity index is 0.000000174. The predicted molar refractivity (Wildman–Crippen MR) is 467 cm³/mol. The molecule has 9 aromatic rings. The smallest absolute Gasteiger partial charge is 0.410 e. The van der Waals surface area contributed by atoms with Crippen molar-refractivity contribution in [1.82, 2.24) is 45.2 Å². The number of ether oxygens (including phenoxy) is 11. The number of amides is 3. The standard InChI is InChI=1S/C31H40ClN3O5.C31H42ClN3O5.C30H40ClN3O4/c1-37-20-21-40-31(36)35-14-12-26-27-22-24(32)8-11-28(27)33-29(26)30(35)23-6-9-25(10-7-23)39-17-5-3-2-4-13-34-15-18-38-19-16-34;1-37-18-7-16-33-15-5-3-4-6-19-39-25-11-8-23(9-12-25)30-29-26(27-22-24(32)10-13-28(27)34-29)14-17-35(30)31(36)40-21-20-38-2;1-21(2)32-15-6-4-5-7-17-37-24-11-8-22(9-12-24)29-28-25(26-20-23(31)10-13-27(26)33-28)14-16-34(29)30(35)38-19-18-36-3/h6-11,22,30,33H,2-5,12-21H2,1H3;8-13,22,30,33-34H,3-7,14-21H2,1-2H3;8-13,20-21,29,32-33H,4-7,14-19H2,1-3H3. The maximum Gasteiger partial charge on any atom is 0.410 e. The van der Waals surface area contributed by atoms with Gasteiger partial charge in [-0.15, -0.1) is 0 Å². The Morgan fingerprint density at radius 3 is 1.09 bits per heavy atom. The van der Waals surface area contributed by atoms with E-state index in [-0.39, 0.29) is 56.2 Å². The molecule has 5 N–H and O–H groups in total. The minimum Gasteiger partial charge on any atom is -0.494 e. The largest absolute Gasteiger partial charge is 0.494 e. The molecule has 1 fully saturated rings. The third-order valence-corrected chi connectivity index (χ3v) is 22.7. The molecule has 118 heavy (non-hydrogen) atoms. The fourth-order valence-corrected chi connectivity index (χ4v) is 16.4. The number of morpholine rings is 1. The number of rotatable bonds is 41. The lowest BCUT2D eigenvalue weighted by Gasteiger charge is -2.35. The van der Waals surface area contributed by atoms with E-state index in [1.807, 2.05) is 127 Å². The van der Waals surface area contributed by atoms with Crippen molar-refractivity contribution in [3.05, 3.63) is 193 Å². The summed E-state index contributed by atoms with van der Waals surface area (Å²) < 4.78 is 60.3. The second-order valence-electron chi connectivity index (χ2n) is 30.6. The van der Waals surface area contributed by atoms with Crippen LogP contribution < -0.4 is 24.8 Å². The lowest BCUT2D eigenvalue weighted by Crippen LogP contribution is -2.41. The first kappa shape index (κ1) is 90.5. The third kappa shape index (κ3) is 26.1. The number of aromatic amines is 3. The van der Waals surface area contributed by atoms with E-state index in [0.717, 1.165) is 207 Å². The highest BCUT2D eigenvalue weighted by Gasteiger charge is 2.39. The van der Waals surface area contributed by atoms with E-state index < -0.39 is 0 Å². The molecule has 0 radical (unpaired) electrons. The zero-order chi connectivity index (χ0) is 82.8. The molecule has 3 unspecified atom stereocenters. The summed E-state index contributed by atoms with van der Waals surface area (Å²) in [5.74, 6) is 2.51. The molecule has 7 heterocycles. The first-order valence-electron chi connectivity index (χ1n) is 42.3. The van der Waals surface area contributed by atoms with Crippen molar-refractivity contribution in [2.24, 2.45) is 0 Å². The molecule has 0 spiro atoms. The van der Waals surface area contributed by atoms with Crippen molar-refractivity contribution in [3.8, 4) is 17.2 Å². The first-order valence-corrected chi connectivity index (χ1v) is 43.5. The zero-order valence-corrected chi connectivity index (χ0v) is 72.0. The molecule has 26 heteroatoms. The topological polar surface area (TPSA) is 237 Å². The Kier molecular flexibility index (Phi) is 37.0. The van der Waals surface area contributed by atoms with Crippen LogP contribution in [0, 0.1) is 0 Å². The van der Waals surface area contributed by atoms with Crippen molar-refractivity contribution in [3.63, 3.8) is 0 Å². The fraction of sp³-hybridized carbons (Fsp3) is 0.511. The van der Waals surface area contributed by atoms with Gasteiger partial charge in [-0.25, -0.2) is 14.4 Å². The van der Waals surface area contributed by atoms with Crippen LogP contribution in [0.25, 0.3) is 32.7 Å². The lowest BCUT2D eigenvalue weighted by molar-refractivity contribution is 0.0371. The molecule has 3 aromatic heterocycles. The molecule has 6 aromatic carbocycles. The summed E-state index contributed by atoms with van der Waals surface area (Å²) in [6.07, 6.45) is 15.9. The number of carbonyl (C=O) groups is 3. The highest BCUT2D eigenvalue weighted by atomic mass is 35.5. The third-order valence-electron chi connectivity index (χ3n) is 21.9. The molecule has 3 amide bonds. The average Bonchev–Trinajstić information content (AvgIpc) is 1.59. The molecular formula is C92H122Cl3N9O14. The van der Waals surface area contributed by atoms with E-state index in [2.05, 4.69) is 44.3 Å². The number of H-pyrrole nitrogens is 3. The van der Waals surface area contributed by atoms with Gasteiger partial charge in [-0.05, 0) is 215 Å². The molecule has 0 bridgehead atoms. The summed E-state index contributed by atoms with van der Waals surface area (Å²) >= 11 is 18.9. The van der Waals surface area contributed by atoms with Gasteiger partial charge in [-0.1, -0.05) is 124 Å². The van der Waals surface area contributed by atoms with Gasteiger partial charge in [0.2, 0.25) is 0 Å². The van der Waals surface area contributed by atoms with E-state index in [9.17, 15) is 14.4 Å². The molecule has 640 valence electrons. The molecule has 4 aliphatic heterocycles. The normalized spacial score (nSPS) is 15.9. The van der Waals surface area contributed by atoms with Crippen LogP contribution in [0.4, 0.5) is 14.4 Å². The van der Waals surface area contributed by atoms with Crippen LogP contribution >= 0.6 is 34.8 Å². The van der Waals surface area contributed by atoms with Crippen LogP contribution in [0.3, 0.4) is 0 Å². The lowest BCUT2D eigenvalue weighted by atomic mass is 9.92. The summed E-state index contributed by atoms with van der Waals surface area (Å²) in [6, 6.07) is 41.5. The second-order valence-corrected chi connectivity index (χ2v) is 31.9. The Morgan fingerprint density at radius 1 is 0.398 bits per heavy atom. The van der Waals surface area contributed by atoms with E-state index in [4.69, 9.17) is 86.9 Å². The Hall–Kier alpha value is -8.30. The number of fused-ring (bicyclic) bond motifs is 9. The molecule has 23 nitrogen and oxygen atoms in total. The van der Waals surface area contributed by atoms with Gasteiger partial charge < -0.3 is 77.7 Å². The zero-order valence-electron chi connectivity index (χ0n) is 69.7. The summed E-state index contributed by atoms with van der Waals surface area (Å²) in [7, 11) is 6.51. The maximum atomic E-state index is 13.1. The van der Waals surface area contributed by atoms with Crippen LogP contribution in [-0.4, -0.2) is 225 Å².